The van der Waals surface area contributed by atoms with Gasteiger partial charge >= 0.3 is 0 Å². The zero-order valence-corrected chi connectivity index (χ0v) is 15.4. The number of nitrogens with two attached hydrogens (primary N) is 1. The summed E-state index contributed by atoms with van der Waals surface area (Å²) in [5.74, 6) is 0.0863. The summed E-state index contributed by atoms with van der Waals surface area (Å²) in [4.78, 5) is 30.5. The van der Waals surface area contributed by atoms with Crippen LogP contribution in [0.2, 0.25) is 5.02 Å². The number of nitrogens with one attached hydrogen (secondary N) is 1. The Kier molecular flexibility index (Phi) is 5.24. The maximum absolute atomic E-state index is 12.6. The Labute approximate surface area is 155 Å². The summed E-state index contributed by atoms with van der Waals surface area (Å²) in [6, 6.07) is 7.10. The molecule has 1 aromatic heterocycles. The molecule has 6 nitrogen and oxygen atoms in total. The number of hydrogen-bond donors (Lipinski definition) is 2. The summed E-state index contributed by atoms with van der Waals surface area (Å²) in [5, 5.41) is 4.34. The van der Waals surface area contributed by atoms with Crippen LogP contribution in [0.4, 0.5) is 10.9 Å². The quantitative estimate of drug-likeness (QED) is 0.798. The lowest BCUT2D eigenvalue weighted by atomic mass is 10.1. The summed E-state index contributed by atoms with van der Waals surface area (Å²) in [6.07, 6.45) is 1.68. The highest BCUT2D eigenvalue weighted by Crippen LogP contribution is 2.30. The maximum Gasteiger partial charge on any atom is 0.219 e. The number of thiazole rings is 1. The highest BCUT2D eigenvalue weighted by Gasteiger charge is 2.24. The van der Waals surface area contributed by atoms with E-state index in [1.54, 1.807) is 31.2 Å². The van der Waals surface area contributed by atoms with E-state index in [0.29, 0.717) is 20.6 Å². The van der Waals surface area contributed by atoms with Crippen LogP contribution in [0, 0.1) is 0 Å². The van der Waals surface area contributed by atoms with Crippen LogP contribution in [0.25, 0.3) is 0 Å². The van der Waals surface area contributed by atoms with Crippen molar-refractivity contribution < 1.29 is 9.59 Å². The lowest BCUT2D eigenvalue weighted by molar-refractivity contribution is -0.129. The number of rotatable bonds is 4. The lowest BCUT2D eigenvalue weighted by Gasteiger charge is -2.31. The number of nitrogens with zero attached hydrogens (tertiary/aromatic N) is 2. The molecular weight excluding hydrogens is 360 g/mol. The first-order chi connectivity index (χ1) is 12.0. The van der Waals surface area contributed by atoms with Gasteiger partial charge in [0.05, 0.1) is 5.02 Å². The Morgan fingerprint density at radius 2 is 2.00 bits per heavy atom. The molecule has 0 spiro atoms. The molecule has 8 heteroatoms. The number of likely N-dealkylation sites (tertiary alicyclic amines) is 1. The van der Waals surface area contributed by atoms with Crippen molar-refractivity contribution in [3.8, 4) is 0 Å². The summed E-state index contributed by atoms with van der Waals surface area (Å²) < 4.78 is 0. The molecule has 0 saturated carbocycles. The molecule has 132 valence electrons. The largest absolute Gasteiger partial charge is 0.382 e. The molecule has 3 N–H and O–H groups in total. The molecule has 3 rings (SSSR count). The average Bonchev–Trinajstić information content (AvgIpc) is 2.95. The van der Waals surface area contributed by atoms with E-state index in [1.165, 1.54) is 11.3 Å². The molecular formula is C17H19ClN4O2S. The minimum atomic E-state index is -0.222. The molecule has 1 aromatic carbocycles. The number of aromatic nitrogens is 1. The molecule has 1 aliphatic heterocycles. The summed E-state index contributed by atoms with van der Waals surface area (Å²) in [5.41, 5.74) is 6.36. The van der Waals surface area contributed by atoms with Gasteiger partial charge in [-0.1, -0.05) is 35.1 Å². The molecule has 1 saturated heterocycles. The van der Waals surface area contributed by atoms with Crippen molar-refractivity contribution in [2.75, 3.05) is 24.1 Å². The fraction of sp³-hybridized carbons (Fsp3) is 0.353. The molecule has 0 unspecified atom stereocenters. The van der Waals surface area contributed by atoms with Gasteiger partial charge in [0, 0.05) is 31.6 Å². The average molecular weight is 379 g/mol. The fourth-order valence-corrected chi connectivity index (χ4v) is 3.97. The number of nitrogen functional groups attached to an aromatic ring is 1. The summed E-state index contributed by atoms with van der Waals surface area (Å²) >= 11 is 7.33. The second kappa shape index (κ2) is 7.41. The standard InChI is InChI=1S/C17H19ClN4O2S/c1-10(23)22-8-6-11(7-9-22)20-17-21-16(19)15(25-17)14(24)12-4-2-3-5-13(12)18/h2-5,11H,6-9,19H2,1H3,(H,20,21). The van der Waals surface area contributed by atoms with Gasteiger partial charge in [-0.25, -0.2) is 4.98 Å². The molecule has 1 aliphatic rings. The first-order valence-corrected chi connectivity index (χ1v) is 9.22. The first kappa shape index (κ1) is 17.7. The van der Waals surface area contributed by atoms with Gasteiger partial charge in [0.25, 0.3) is 0 Å². The Hall–Kier alpha value is -2.12. The Bertz CT molecular complexity index is 800. The topological polar surface area (TPSA) is 88.3 Å². The zero-order valence-electron chi connectivity index (χ0n) is 13.8. The van der Waals surface area contributed by atoms with E-state index in [0.717, 1.165) is 25.9 Å². The van der Waals surface area contributed by atoms with Crippen LogP contribution in [0.5, 0.6) is 0 Å². The SMILES string of the molecule is CC(=O)N1CCC(Nc2nc(N)c(C(=O)c3ccccc3Cl)s2)CC1. The highest BCUT2D eigenvalue weighted by atomic mass is 35.5. The molecule has 2 aromatic rings. The molecule has 0 bridgehead atoms. The van der Waals surface area contributed by atoms with Crippen LogP contribution in [-0.4, -0.2) is 40.7 Å². The highest BCUT2D eigenvalue weighted by molar-refractivity contribution is 7.18. The fourth-order valence-electron chi connectivity index (χ4n) is 2.84. The Balaban J connectivity index is 1.70. The van der Waals surface area contributed by atoms with Gasteiger partial charge in [-0.05, 0) is 25.0 Å². The smallest absolute Gasteiger partial charge is 0.219 e. The Morgan fingerprint density at radius 1 is 1.32 bits per heavy atom. The van der Waals surface area contributed by atoms with Gasteiger partial charge in [-0.3, -0.25) is 9.59 Å². The molecule has 1 amide bonds. The third-order valence-corrected chi connectivity index (χ3v) is 5.58. The maximum atomic E-state index is 12.6. The zero-order chi connectivity index (χ0) is 18.0. The number of carbonyl (C=O) groups is 2. The van der Waals surface area contributed by atoms with Crippen molar-refractivity contribution in [1.82, 2.24) is 9.88 Å². The van der Waals surface area contributed by atoms with Gasteiger partial charge in [-0.15, -0.1) is 0 Å². The second-order valence-electron chi connectivity index (χ2n) is 5.97. The monoisotopic (exact) mass is 378 g/mol. The van der Waals surface area contributed by atoms with Crippen LogP contribution in [-0.2, 0) is 4.79 Å². The third-order valence-electron chi connectivity index (χ3n) is 4.25. The van der Waals surface area contributed by atoms with Crippen molar-refractivity contribution >= 4 is 45.6 Å². The molecule has 0 atom stereocenters. The first-order valence-electron chi connectivity index (χ1n) is 8.03. The summed E-state index contributed by atoms with van der Waals surface area (Å²) in [6.45, 7) is 3.03. The molecule has 25 heavy (non-hydrogen) atoms. The summed E-state index contributed by atoms with van der Waals surface area (Å²) in [7, 11) is 0. The van der Waals surface area contributed by atoms with E-state index < -0.39 is 0 Å². The number of amides is 1. The van der Waals surface area contributed by atoms with Crippen LogP contribution in [0.3, 0.4) is 0 Å². The number of benzene rings is 1. The molecule has 0 radical (unpaired) electrons. The van der Waals surface area contributed by atoms with E-state index in [1.807, 2.05) is 4.90 Å². The minimum Gasteiger partial charge on any atom is -0.382 e. The normalized spacial score (nSPS) is 15.2. The van der Waals surface area contributed by atoms with E-state index in [4.69, 9.17) is 17.3 Å². The van der Waals surface area contributed by atoms with Crippen LogP contribution >= 0.6 is 22.9 Å². The van der Waals surface area contributed by atoms with E-state index in [9.17, 15) is 9.59 Å². The van der Waals surface area contributed by atoms with E-state index in [-0.39, 0.29) is 23.6 Å². The molecule has 2 heterocycles. The lowest BCUT2D eigenvalue weighted by Crippen LogP contribution is -2.41. The predicted molar refractivity (Wildman–Crippen MR) is 100 cm³/mol. The van der Waals surface area contributed by atoms with Gasteiger partial charge in [0.2, 0.25) is 11.7 Å². The Morgan fingerprint density at radius 3 is 2.64 bits per heavy atom. The van der Waals surface area contributed by atoms with Crippen molar-refractivity contribution in [2.24, 2.45) is 0 Å². The number of ketones is 1. The number of hydrogen-bond acceptors (Lipinski definition) is 6. The van der Waals surface area contributed by atoms with Gasteiger partial charge in [0.1, 0.15) is 10.7 Å². The minimum absolute atomic E-state index is 0.101. The van der Waals surface area contributed by atoms with Gasteiger partial charge < -0.3 is 16.0 Å². The van der Waals surface area contributed by atoms with Crippen LogP contribution < -0.4 is 11.1 Å². The third kappa shape index (κ3) is 3.93. The van der Waals surface area contributed by atoms with E-state index in [2.05, 4.69) is 10.3 Å². The number of halogens is 1. The van der Waals surface area contributed by atoms with Gasteiger partial charge in [0.15, 0.2) is 5.13 Å². The number of piperidine rings is 1. The molecule has 0 aliphatic carbocycles. The number of carbonyl (C=O) groups excluding carboxylic acids is 2. The van der Waals surface area contributed by atoms with Crippen LogP contribution in [0.15, 0.2) is 24.3 Å². The van der Waals surface area contributed by atoms with Crippen LogP contribution in [0.1, 0.15) is 35.0 Å². The van der Waals surface area contributed by atoms with Gasteiger partial charge in [-0.2, -0.15) is 0 Å². The van der Waals surface area contributed by atoms with Crippen molar-refractivity contribution in [3.63, 3.8) is 0 Å². The van der Waals surface area contributed by atoms with E-state index >= 15 is 0 Å². The van der Waals surface area contributed by atoms with Crippen molar-refractivity contribution in [3.05, 3.63) is 39.7 Å². The number of anilines is 2. The molecule has 1 fully saturated rings. The second-order valence-corrected chi connectivity index (χ2v) is 7.37. The van der Waals surface area contributed by atoms with Crippen molar-refractivity contribution in [1.29, 1.82) is 0 Å². The van der Waals surface area contributed by atoms with Crippen molar-refractivity contribution in [2.45, 2.75) is 25.8 Å². The predicted octanol–water partition coefficient (Wildman–Crippen LogP) is 3.03.